The molecule has 8 N–H and O–H groups in total. The normalized spacial score (nSPS) is 20.5. The van der Waals surface area contributed by atoms with E-state index in [1.165, 1.54) is 55.2 Å². The number of nitrogens with one attached hydrogen (secondary N) is 6. The Labute approximate surface area is 713 Å². The fraction of sp³-hybridized carbons (Fsp3) is 0.443. The zero-order valence-electron chi connectivity index (χ0n) is 69.1. The van der Waals surface area contributed by atoms with Gasteiger partial charge in [0.1, 0.15) is 0 Å². The molecule has 14 rings (SSSR count). The molecular weight excluding hydrogens is 1540 g/mol. The van der Waals surface area contributed by atoms with E-state index in [0.29, 0.717) is 93.6 Å². The Balaban J connectivity index is 0.000000163. The van der Waals surface area contributed by atoms with Crippen molar-refractivity contribution in [2.45, 2.75) is 171 Å². The van der Waals surface area contributed by atoms with E-state index in [4.69, 9.17) is 40.5 Å². The Hall–Kier alpha value is -8.79. The predicted molar refractivity (Wildman–Crippen MR) is 482 cm³/mol. The third-order valence-electron chi connectivity index (χ3n) is 24.6. The van der Waals surface area contributed by atoms with Crippen LogP contribution < -0.4 is 37.6 Å². The summed E-state index contributed by atoms with van der Waals surface area (Å²) in [6, 6.07) is 64.6. The molecule has 5 fully saturated rings. The highest BCUT2D eigenvalue weighted by atomic mass is 35.5. The minimum atomic E-state index is -0.359. The van der Waals surface area contributed by atoms with E-state index < -0.39 is 0 Å². The number of likely N-dealkylation sites (tertiary alicyclic amines) is 2. The lowest BCUT2D eigenvalue weighted by Gasteiger charge is -2.31. The Morgan fingerprint density at radius 2 is 0.653 bits per heavy atom. The maximum atomic E-state index is 13.9. The van der Waals surface area contributed by atoms with Crippen molar-refractivity contribution in [1.29, 1.82) is 0 Å². The molecular formula is C97H121Cl3N12O6. The molecule has 9 atom stereocenters. The van der Waals surface area contributed by atoms with Gasteiger partial charge in [-0.3, -0.25) is 28.8 Å². The van der Waals surface area contributed by atoms with E-state index in [0.717, 1.165) is 133 Å². The number of rotatable bonds is 29. The Kier molecular flexibility index (Phi) is 33.8. The summed E-state index contributed by atoms with van der Waals surface area (Å²) in [5.74, 6) is 0.901. The summed E-state index contributed by atoms with van der Waals surface area (Å²) < 4.78 is 0. The van der Waals surface area contributed by atoms with Crippen molar-refractivity contribution in [3.05, 3.63) is 249 Å². The maximum Gasteiger partial charge on any atom is 0.251 e. The molecule has 0 radical (unpaired) electrons. The second-order valence-electron chi connectivity index (χ2n) is 32.7. The van der Waals surface area contributed by atoms with Crippen molar-refractivity contribution < 1.29 is 28.8 Å². The van der Waals surface area contributed by atoms with E-state index in [1.807, 2.05) is 169 Å². The third kappa shape index (κ3) is 25.4. The van der Waals surface area contributed by atoms with Crippen LogP contribution in [0.25, 0.3) is 32.3 Å². The molecule has 0 aromatic heterocycles. The monoisotopic (exact) mass is 1650 g/mol. The van der Waals surface area contributed by atoms with E-state index in [1.54, 1.807) is 0 Å². The van der Waals surface area contributed by atoms with Crippen LogP contribution in [0.15, 0.2) is 200 Å². The SMILES string of the molecule is CCC(CN1CC[C@@H](CNC(=O)c2ccc3ccccc3c2)N[C@@H](CCN)C1=O)c1ccc(Cl)cc1.CC[C@@H](CN1CC[C@@H](CNC(=O)c2ccc3ccccc3c2)N[C@@H](CCN2CCCCC2)C1=O)c1ccc(Cl)cc1.CC[C@H](CN1CC[C@@H](CNC(=O)c2ccc3ccccc3c2)N[C@@H](CCN2CCCCC2)C1=O)c1ccc(Cl)cc1. The van der Waals surface area contributed by atoms with Gasteiger partial charge in [0, 0.05) is 140 Å². The maximum absolute atomic E-state index is 13.9. The van der Waals surface area contributed by atoms with Gasteiger partial charge in [0.25, 0.3) is 17.7 Å². The minimum absolute atomic E-state index is 0.0180. The van der Waals surface area contributed by atoms with Crippen molar-refractivity contribution >= 4 is 103 Å². The van der Waals surface area contributed by atoms with Gasteiger partial charge in [-0.2, -0.15) is 0 Å². The predicted octanol–water partition coefficient (Wildman–Crippen LogP) is 16.0. The van der Waals surface area contributed by atoms with Crippen molar-refractivity contribution in [3.63, 3.8) is 0 Å². The summed E-state index contributed by atoms with van der Waals surface area (Å²) in [6.45, 7) is 18.6. The molecule has 5 saturated heterocycles. The number of benzene rings is 9. The summed E-state index contributed by atoms with van der Waals surface area (Å²) in [7, 11) is 0. The molecule has 0 aliphatic carbocycles. The standard InChI is InChI=1S/2C34H43ClN4O2.C29H35ClN4O2/c2*1-2-25(27-12-14-30(35)15-13-27)24-39-21-16-31(37-32(34(39)41)17-20-38-18-6-3-7-19-38)23-36-33(40)29-11-10-26-8-4-5-9-28(26)22-29;1-2-20(22-9-11-25(30)12-10-22)19-34-16-14-26(33-27(13-15-31)29(34)36)18-32-28(35)24-8-7-21-5-3-4-6-23(21)17-24/h2*4-5,8-15,22,25,31-32,37H,2-3,6-7,16-21,23-24H2,1H3,(H,36,40);3-12,17,20,26-27,33H,2,13-16,18-19,31H2,1H3,(H,32,35)/t25-,31+,32+;25-,31-,32-;20?,26-,27-/m100/s1. The van der Waals surface area contributed by atoms with Crippen LogP contribution >= 0.6 is 34.8 Å². The van der Waals surface area contributed by atoms with Crippen LogP contribution in [0, 0.1) is 0 Å². The molecule has 118 heavy (non-hydrogen) atoms. The molecule has 0 spiro atoms. The summed E-state index contributed by atoms with van der Waals surface area (Å²) in [5, 5.41) is 28.8. The van der Waals surface area contributed by atoms with Gasteiger partial charge in [-0.05, 0) is 238 Å². The lowest BCUT2D eigenvalue weighted by Crippen LogP contribution is -2.50. The first-order chi connectivity index (χ1) is 57.5. The molecule has 0 bridgehead atoms. The van der Waals surface area contributed by atoms with Crippen molar-refractivity contribution in [2.24, 2.45) is 5.73 Å². The first-order valence-corrected chi connectivity index (χ1v) is 44.5. The largest absolute Gasteiger partial charge is 0.350 e. The van der Waals surface area contributed by atoms with E-state index in [-0.39, 0.29) is 89.4 Å². The van der Waals surface area contributed by atoms with Crippen LogP contribution in [0.2, 0.25) is 15.1 Å². The summed E-state index contributed by atoms with van der Waals surface area (Å²) >= 11 is 18.3. The topological polar surface area (TPSA) is 217 Å². The molecule has 0 saturated carbocycles. The smallest absolute Gasteiger partial charge is 0.251 e. The van der Waals surface area contributed by atoms with Crippen molar-refractivity contribution in [1.82, 2.24) is 56.4 Å². The van der Waals surface area contributed by atoms with E-state index >= 15 is 0 Å². The summed E-state index contributed by atoms with van der Waals surface area (Å²) in [6.07, 6.45) is 14.8. The van der Waals surface area contributed by atoms with Gasteiger partial charge in [-0.15, -0.1) is 0 Å². The first kappa shape index (κ1) is 88.5. The van der Waals surface area contributed by atoms with Gasteiger partial charge in [0.15, 0.2) is 0 Å². The third-order valence-corrected chi connectivity index (χ3v) is 25.3. The number of fused-ring (bicyclic) bond motifs is 3. The van der Waals surface area contributed by atoms with Crippen molar-refractivity contribution in [3.8, 4) is 0 Å². The number of carbonyl (C=O) groups excluding carboxylic acids is 6. The molecule has 21 heteroatoms. The van der Waals surface area contributed by atoms with Crippen LogP contribution in [0.5, 0.6) is 0 Å². The van der Waals surface area contributed by atoms with Crippen LogP contribution in [0.4, 0.5) is 0 Å². The number of hydrogen-bond acceptors (Lipinski definition) is 12. The zero-order valence-corrected chi connectivity index (χ0v) is 71.3. The molecule has 1 unspecified atom stereocenters. The number of carbonyl (C=O) groups is 6. The second-order valence-corrected chi connectivity index (χ2v) is 34.0. The number of nitrogens with zero attached hydrogens (tertiary/aromatic N) is 5. The molecule has 18 nitrogen and oxygen atoms in total. The van der Waals surface area contributed by atoms with Gasteiger partial charge < -0.3 is 62.1 Å². The molecule has 5 aliphatic heterocycles. The average molecular weight is 1660 g/mol. The summed E-state index contributed by atoms with van der Waals surface area (Å²) in [5.41, 5.74) is 11.4. The van der Waals surface area contributed by atoms with Crippen molar-refractivity contribution in [2.75, 3.05) is 105 Å². The second kappa shape index (κ2) is 45.0. The number of amides is 6. The van der Waals surface area contributed by atoms with Gasteiger partial charge in [0.2, 0.25) is 17.7 Å². The minimum Gasteiger partial charge on any atom is -0.350 e. The van der Waals surface area contributed by atoms with E-state index in [2.05, 4.69) is 109 Å². The Bertz CT molecular complexity index is 4530. The van der Waals surface area contributed by atoms with Crippen LogP contribution in [0.3, 0.4) is 0 Å². The molecule has 5 aliphatic rings. The highest BCUT2D eigenvalue weighted by Crippen LogP contribution is 2.30. The molecule has 9 aromatic rings. The molecule has 9 aromatic carbocycles. The first-order valence-electron chi connectivity index (χ1n) is 43.3. The zero-order chi connectivity index (χ0) is 82.7. The molecule has 6 amide bonds. The average Bonchev–Trinajstić information content (AvgIpc) is 1.50. The van der Waals surface area contributed by atoms with Gasteiger partial charge >= 0.3 is 0 Å². The number of piperidine rings is 2. The number of halogens is 3. The van der Waals surface area contributed by atoms with Gasteiger partial charge in [-0.1, -0.05) is 196 Å². The van der Waals surface area contributed by atoms with Crippen LogP contribution in [-0.2, 0) is 14.4 Å². The lowest BCUT2D eigenvalue weighted by molar-refractivity contribution is -0.134. The Morgan fingerprint density at radius 3 is 0.932 bits per heavy atom. The fourth-order valence-corrected chi connectivity index (χ4v) is 17.8. The lowest BCUT2D eigenvalue weighted by atomic mass is 9.95. The fourth-order valence-electron chi connectivity index (χ4n) is 17.4. The molecule has 626 valence electrons. The highest BCUT2D eigenvalue weighted by Gasteiger charge is 2.36. The number of nitrogens with two attached hydrogens (primary N) is 1. The quantitative estimate of drug-likeness (QED) is 0.0233. The number of hydrogen-bond donors (Lipinski definition) is 7. The molecule has 5 heterocycles. The van der Waals surface area contributed by atoms with Gasteiger partial charge in [0.05, 0.1) is 18.1 Å². The van der Waals surface area contributed by atoms with E-state index in [9.17, 15) is 28.8 Å². The highest BCUT2D eigenvalue weighted by molar-refractivity contribution is 6.31. The van der Waals surface area contributed by atoms with Crippen LogP contribution in [0.1, 0.15) is 183 Å². The summed E-state index contributed by atoms with van der Waals surface area (Å²) in [4.78, 5) is 91.4. The van der Waals surface area contributed by atoms with Gasteiger partial charge in [-0.25, -0.2) is 0 Å². The Morgan fingerprint density at radius 1 is 0.373 bits per heavy atom. The van der Waals surface area contributed by atoms with Crippen LogP contribution in [-0.4, -0.2) is 201 Å².